The van der Waals surface area contributed by atoms with E-state index in [9.17, 15) is 4.79 Å². The Balaban J connectivity index is 3.81. The van der Waals surface area contributed by atoms with Crippen molar-refractivity contribution in [3.63, 3.8) is 0 Å². The van der Waals surface area contributed by atoms with Gasteiger partial charge in [-0.25, -0.2) is 0 Å². The quantitative estimate of drug-likeness (QED) is 0.331. The minimum absolute atomic E-state index is 0.0958. The van der Waals surface area contributed by atoms with E-state index in [1.54, 1.807) is 0 Å². The van der Waals surface area contributed by atoms with Crippen LogP contribution in [0.5, 0.6) is 0 Å². The molecule has 0 rings (SSSR count). The van der Waals surface area contributed by atoms with Crippen molar-refractivity contribution in [2.24, 2.45) is 5.73 Å². The number of carbonyl (C=O) groups is 1. The molecular weight excluding hydrogens is 146 g/mol. The largest absolute Gasteiger partial charge is 0.501 e. The summed E-state index contributed by atoms with van der Waals surface area (Å²) in [4.78, 5) is 10.4. The minimum atomic E-state index is -0.649. The predicted molar refractivity (Wildman–Crippen MR) is 40.6 cm³/mol. The van der Waals surface area contributed by atoms with Crippen molar-refractivity contribution in [3.8, 4) is 0 Å². The molecule has 3 N–H and O–H groups in total. The number of ether oxygens (including phenoxy) is 1. The van der Waals surface area contributed by atoms with Crippen LogP contribution >= 0.6 is 0 Å². The molecule has 0 radical (unpaired) electrons. The molecule has 0 fully saturated rings. The number of hydrogen-bond acceptors (Lipinski definition) is 3. The lowest BCUT2D eigenvalue weighted by molar-refractivity contribution is -0.115. The molecule has 0 spiro atoms. The zero-order valence-corrected chi connectivity index (χ0v) is 6.54. The minimum Gasteiger partial charge on any atom is -0.501 e. The van der Waals surface area contributed by atoms with Gasteiger partial charge in [0.15, 0.2) is 0 Å². The lowest BCUT2D eigenvalue weighted by atomic mass is 10.3. The Hall–Kier alpha value is -1.03. The Bertz CT molecular complexity index is 154. The zero-order valence-electron chi connectivity index (χ0n) is 6.54. The third-order valence-electron chi connectivity index (χ3n) is 1.03. The number of primary amides is 1. The van der Waals surface area contributed by atoms with Crippen LogP contribution in [-0.4, -0.2) is 24.2 Å². The highest BCUT2D eigenvalue weighted by Crippen LogP contribution is 1.92. The molecule has 0 unspecified atom stereocenters. The standard InChI is InChI=1S/C7H13NO3/c1-2-3-11-5-6(4-9)7(8)10/h5,9H,2-4H2,1H3,(H2,8,10). The molecule has 0 bridgehead atoms. The molecule has 0 aliphatic carbocycles. The summed E-state index contributed by atoms with van der Waals surface area (Å²) in [5, 5.41) is 8.55. The van der Waals surface area contributed by atoms with Crippen LogP contribution in [0.4, 0.5) is 0 Å². The fourth-order valence-electron chi connectivity index (χ4n) is 0.451. The number of aliphatic hydroxyl groups is 1. The summed E-state index contributed by atoms with van der Waals surface area (Å²) in [7, 11) is 0. The molecule has 0 saturated heterocycles. The molecule has 11 heavy (non-hydrogen) atoms. The maximum atomic E-state index is 10.4. The lowest BCUT2D eigenvalue weighted by Gasteiger charge is -1.99. The van der Waals surface area contributed by atoms with Crippen LogP contribution in [0.1, 0.15) is 13.3 Å². The van der Waals surface area contributed by atoms with Crippen LogP contribution in [-0.2, 0) is 9.53 Å². The van der Waals surface area contributed by atoms with Gasteiger partial charge in [0, 0.05) is 0 Å². The topological polar surface area (TPSA) is 72.6 Å². The van der Waals surface area contributed by atoms with Gasteiger partial charge in [-0.3, -0.25) is 4.79 Å². The maximum Gasteiger partial charge on any atom is 0.250 e. The number of carbonyl (C=O) groups excluding carboxylic acids is 1. The van der Waals surface area contributed by atoms with E-state index in [-0.39, 0.29) is 12.2 Å². The second kappa shape index (κ2) is 5.73. The van der Waals surface area contributed by atoms with Crippen molar-refractivity contribution in [2.45, 2.75) is 13.3 Å². The van der Waals surface area contributed by atoms with Gasteiger partial charge in [-0.15, -0.1) is 0 Å². The van der Waals surface area contributed by atoms with E-state index in [0.717, 1.165) is 6.42 Å². The van der Waals surface area contributed by atoms with E-state index in [0.29, 0.717) is 6.61 Å². The fourth-order valence-corrected chi connectivity index (χ4v) is 0.451. The first kappa shape index (κ1) is 9.97. The maximum absolute atomic E-state index is 10.4. The predicted octanol–water partition coefficient (Wildman–Crippen LogP) is -0.226. The Morgan fingerprint density at radius 2 is 2.36 bits per heavy atom. The molecule has 0 aromatic carbocycles. The summed E-state index contributed by atoms with van der Waals surface area (Å²) >= 11 is 0. The van der Waals surface area contributed by atoms with Crippen molar-refractivity contribution < 1.29 is 14.6 Å². The first-order valence-electron chi connectivity index (χ1n) is 3.43. The molecule has 0 aromatic heterocycles. The van der Waals surface area contributed by atoms with Gasteiger partial charge in [0.2, 0.25) is 5.91 Å². The molecule has 0 heterocycles. The smallest absolute Gasteiger partial charge is 0.250 e. The van der Waals surface area contributed by atoms with E-state index in [1.807, 2.05) is 6.92 Å². The average Bonchev–Trinajstić information content (AvgIpc) is 1.97. The highest BCUT2D eigenvalue weighted by molar-refractivity contribution is 5.91. The molecule has 0 aromatic rings. The normalized spacial score (nSPS) is 11.3. The van der Waals surface area contributed by atoms with Gasteiger partial charge in [-0.1, -0.05) is 6.92 Å². The van der Waals surface area contributed by atoms with E-state index in [2.05, 4.69) is 0 Å². The van der Waals surface area contributed by atoms with Crippen LogP contribution in [0.25, 0.3) is 0 Å². The first-order chi connectivity index (χ1) is 5.22. The van der Waals surface area contributed by atoms with E-state index in [4.69, 9.17) is 15.6 Å². The number of rotatable bonds is 5. The summed E-state index contributed by atoms with van der Waals surface area (Å²) in [6, 6.07) is 0. The molecule has 64 valence electrons. The van der Waals surface area contributed by atoms with Crippen LogP contribution in [0.2, 0.25) is 0 Å². The monoisotopic (exact) mass is 159 g/mol. The van der Waals surface area contributed by atoms with Gasteiger partial charge in [-0.2, -0.15) is 0 Å². The number of amides is 1. The van der Waals surface area contributed by atoms with Crippen LogP contribution in [0.3, 0.4) is 0 Å². The second-order valence-electron chi connectivity index (χ2n) is 2.04. The Labute approximate surface area is 65.6 Å². The highest BCUT2D eigenvalue weighted by Gasteiger charge is 2.01. The Morgan fingerprint density at radius 1 is 1.73 bits per heavy atom. The summed E-state index contributed by atoms with van der Waals surface area (Å²) in [6.45, 7) is 2.09. The number of aliphatic hydroxyl groups excluding tert-OH is 1. The van der Waals surface area contributed by atoms with E-state index >= 15 is 0 Å². The molecule has 0 aliphatic rings. The van der Waals surface area contributed by atoms with Gasteiger partial charge in [0.1, 0.15) is 0 Å². The molecule has 0 atom stereocenters. The molecular formula is C7H13NO3. The first-order valence-corrected chi connectivity index (χ1v) is 3.43. The van der Waals surface area contributed by atoms with Gasteiger partial charge < -0.3 is 15.6 Å². The molecule has 1 amide bonds. The summed E-state index contributed by atoms with van der Waals surface area (Å²) < 4.78 is 4.87. The van der Waals surface area contributed by atoms with Crippen LogP contribution in [0, 0.1) is 0 Å². The van der Waals surface area contributed by atoms with Crippen molar-refractivity contribution in [1.82, 2.24) is 0 Å². The van der Waals surface area contributed by atoms with E-state index < -0.39 is 5.91 Å². The van der Waals surface area contributed by atoms with Crippen molar-refractivity contribution in [2.75, 3.05) is 13.2 Å². The van der Waals surface area contributed by atoms with Crippen LogP contribution in [0.15, 0.2) is 11.8 Å². The molecule has 4 nitrogen and oxygen atoms in total. The second-order valence-corrected chi connectivity index (χ2v) is 2.04. The third-order valence-corrected chi connectivity index (χ3v) is 1.03. The molecule has 0 aliphatic heterocycles. The van der Waals surface area contributed by atoms with Gasteiger partial charge in [0.05, 0.1) is 25.0 Å². The lowest BCUT2D eigenvalue weighted by Crippen LogP contribution is -2.16. The highest BCUT2D eigenvalue weighted by atomic mass is 16.5. The van der Waals surface area contributed by atoms with Gasteiger partial charge >= 0.3 is 0 Å². The SMILES string of the molecule is CCCOC=C(CO)C(N)=O. The number of nitrogens with two attached hydrogens (primary N) is 1. The Kier molecular flexibility index (Phi) is 5.20. The zero-order chi connectivity index (χ0) is 8.69. The van der Waals surface area contributed by atoms with Gasteiger partial charge in [0.25, 0.3) is 0 Å². The van der Waals surface area contributed by atoms with Crippen molar-refractivity contribution in [3.05, 3.63) is 11.8 Å². The average molecular weight is 159 g/mol. The fraction of sp³-hybridized carbons (Fsp3) is 0.571. The van der Waals surface area contributed by atoms with Crippen molar-refractivity contribution >= 4 is 5.91 Å². The van der Waals surface area contributed by atoms with E-state index in [1.165, 1.54) is 6.26 Å². The van der Waals surface area contributed by atoms with Gasteiger partial charge in [-0.05, 0) is 6.42 Å². The molecule has 0 saturated carbocycles. The third kappa shape index (κ3) is 4.38. The Morgan fingerprint density at radius 3 is 2.73 bits per heavy atom. The van der Waals surface area contributed by atoms with Crippen molar-refractivity contribution in [1.29, 1.82) is 0 Å². The van der Waals surface area contributed by atoms with Crippen LogP contribution < -0.4 is 5.73 Å². The summed E-state index contributed by atoms with van der Waals surface area (Å²) in [5.74, 6) is -0.649. The number of hydrogen-bond donors (Lipinski definition) is 2. The summed E-state index contributed by atoms with van der Waals surface area (Å²) in [6.07, 6.45) is 2.06. The molecule has 4 heteroatoms. The summed E-state index contributed by atoms with van der Waals surface area (Å²) in [5.41, 5.74) is 4.98.